The van der Waals surface area contributed by atoms with Crippen LogP contribution in [0.3, 0.4) is 0 Å². The molecular formula is C17H18NO+. The highest BCUT2D eigenvalue weighted by Crippen LogP contribution is 2.30. The lowest BCUT2D eigenvalue weighted by molar-refractivity contribution is -0.476. The molecule has 3 rings (SSSR count). The van der Waals surface area contributed by atoms with E-state index in [0.29, 0.717) is 6.73 Å². The zero-order chi connectivity index (χ0) is 13.4. The molecular weight excluding hydrogens is 234 g/mol. The van der Waals surface area contributed by atoms with Gasteiger partial charge in [-0.15, -0.1) is 0 Å². The van der Waals surface area contributed by atoms with Crippen LogP contribution in [0.5, 0.6) is 5.75 Å². The fourth-order valence-electron chi connectivity index (χ4n) is 2.54. The predicted molar refractivity (Wildman–Crippen MR) is 77.7 cm³/mol. The number of hydrogen-bond donors (Lipinski definition) is 0. The Kier molecular flexibility index (Phi) is 2.86. The summed E-state index contributed by atoms with van der Waals surface area (Å²) in [4.78, 5) is 0. The van der Waals surface area contributed by atoms with Crippen LogP contribution in [0.2, 0.25) is 0 Å². The summed E-state index contributed by atoms with van der Waals surface area (Å²) < 4.78 is 8.10. The van der Waals surface area contributed by atoms with Crippen molar-refractivity contribution in [2.75, 3.05) is 6.73 Å². The van der Waals surface area contributed by atoms with E-state index in [1.165, 1.54) is 22.3 Å². The third-order valence-corrected chi connectivity index (χ3v) is 3.75. The van der Waals surface area contributed by atoms with Gasteiger partial charge in [0.1, 0.15) is 5.75 Å². The van der Waals surface area contributed by atoms with Crippen LogP contribution in [0.25, 0.3) is 0 Å². The number of benzene rings is 2. The molecule has 0 fully saturated rings. The molecule has 19 heavy (non-hydrogen) atoms. The first kappa shape index (κ1) is 12.0. The molecule has 1 aliphatic heterocycles. The molecule has 96 valence electrons. The van der Waals surface area contributed by atoms with Gasteiger partial charge >= 0.3 is 0 Å². The Morgan fingerprint density at radius 3 is 2.47 bits per heavy atom. The summed E-state index contributed by atoms with van der Waals surface area (Å²) in [5.74, 6) is 1.02. The third kappa shape index (κ3) is 2.03. The maximum atomic E-state index is 5.95. The van der Waals surface area contributed by atoms with Crippen molar-refractivity contribution in [2.24, 2.45) is 0 Å². The fourth-order valence-corrected chi connectivity index (χ4v) is 2.54. The molecule has 0 spiro atoms. The maximum Gasteiger partial charge on any atom is 0.292 e. The molecule has 0 N–H and O–H groups in total. The highest BCUT2D eigenvalue weighted by atomic mass is 16.5. The Morgan fingerprint density at radius 2 is 1.74 bits per heavy atom. The molecule has 0 aliphatic carbocycles. The van der Waals surface area contributed by atoms with Crippen LogP contribution in [-0.4, -0.2) is 17.5 Å². The van der Waals surface area contributed by atoms with Gasteiger partial charge in [-0.05, 0) is 37.5 Å². The van der Waals surface area contributed by atoms with Gasteiger partial charge in [0.15, 0.2) is 6.21 Å². The number of ether oxygens (including phenoxy) is 1. The zero-order valence-corrected chi connectivity index (χ0v) is 11.6. The molecule has 0 unspecified atom stereocenters. The first-order chi connectivity index (χ1) is 9.16. The Balaban J connectivity index is 2.15. The van der Waals surface area contributed by atoms with Gasteiger partial charge in [0.2, 0.25) is 5.69 Å². The van der Waals surface area contributed by atoms with E-state index < -0.39 is 0 Å². The molecule has 1 heterocycles. The van der Waals surface area contributed by atoms with Crippen molar-refractivity contribution >= 4 is 11.9 Å². The van der Waals surface area contributed by atoms with E-state index in [0.717, 1.165) is 11.4 Å². The fraction of sp³-hybridized carbons (Fsp3) is 0.235. The number of para-hydroxylation sites is 1. The molecule has 0 radical (unpaired) electrons. The molecule has 1 aliphatic rings. The quantitative estimate of drug-likeness (QED) is 0.704. The van der Waals surface area contributed by atoms with Crippen molar-refractivity contribution in [3.63, 3.8) is 0 Å². The maximum absolute atomic E-state index is 5.95. The topological polar surface area (TPSA) is 12.2 Å². The van der Waals surface area contributed by atoms with E-state index in [1.807, 2.05) is 18.2 Å². The third-order valence-electron chi connectivity index (χ3n) is 3.75. The molecule has 2 nitrogen and oxygen atoms in total. The van der Waals surface area contributed by atoms with E-state index in [2.05, 4.69) is 49.8 Å². The Bertz CT molecular complexity index is 657. The van der Waals surface area contributed by atoms with Gasteiger partial charge < -0.3 is 4.74 Å². The predicted octanol–water partition coefficient (Wildman–Crippen LogP) is 3.72. The van der Waals surface area contributed by atoms with Gasteiger partial charge in [0.05, 0.1) is 5.56 Å². The Morgan fingerprint density at radius 1 is 1.00 bits per heavy atom. The second-order valence-electron chi connectivity index (χ2n) is 5.09. The summed E-state index contributed by atoms with van der Waals surface area (Å²) in [6, 6.07) is 12.5. The van der Waals surface area contributed by atoms with Gasteiger partial charge in [-0.25, -0.2) is 0 Å². The number of nitrogens with zero attached hydrogens (tertiary/aromatic N) is 1. The van der Waals surface area contributed by atoms with Crippen LogP contribution >= 0.6 is 0 Å². The first-order valence-electron chi connectivity index (χ1n) is 6.57. The van der Waals surface area contributed by atoms with E-state index in [-0.39, 0.29) is 0 Å². The van der Waals surface area contributed by atoms with Crippen molar-refractivity contribution in [1.82, 2.24) is 0 Å². The monoisotopic (exact) mass is 252 g/mol. The lowest BCUT2D eigenvalue weighted by Gasteiger charge is -2.18. The lowest BCUT2D eigenvalue weighted by Crippen LogP contribution is -2.22. The number of rotatable bonds is 1. The van der Waals surface area contributed by atoms with E-state index >= 15 is 0 Å². The summed E-state index contributed by atoms with van der Waals surface area (Å²) in [5, 5.41) is 0. The minimum atomic E-state index is 0.570. The van der Waals surface area contributed by atoms with E-state index in [9.17, 15) is 0 Å². The molecule has 0 saturated carbocycles. The number of aryl methyl sites for hydroxylation is 2. The second kappa shape index (κ2) is 4.54. The van der Waals surface area contributed by atoms with Crippen molar-refractivity contribution in [3.8, 4) is 5.75 Å². The summed E-state index contributed by atoms with van der Waals surface area (Å²) in [6.07, 6.45) is 2.20. The van der Waals surface area contributed by atoms with Gasteiger partial charge in [-0.2, -0.15) is 4.58 Å². The highest BCUT2D eigenvalue weighted by molar-refractivity contribution is 5.85. The van der Waals surface area contributed by atoms with Crippen LogP contribution in [0.4, 0.5) is 5.69 Å². The van der Waals surface area contributed by atoms with Gasteiger partial charge in [0.25, 0.3) is 6.73 Å². The average molecular weight is 252 g/mol. The highest BCUT2D eigenvalue weighted by Gasteiger charge is 2.22. The smallest absolute Gasteiger partial charge is 0.292 e. The Labute approximate surface area is 114 Å². The van der Waals surface area contributed by atoms with Crippen LogP contribution in [0.15, 0.2) is 36.4 Å². The lowest BCUT2D eigenvalue weighted by atomic mass is 9.98. The van der Waals surface area contributed by atoms with Crippen molar-refractivity contribution in [3.05, 3.63) is 58.7 Å². The largest absolute Gasteiger partial charge is 0.435 e. The molecule has 2 aromatic rings. The van der Waals surface area contributed by atoms with Crippen molar-refractivity contribution < 1.29 is 9.31 Å². The number of hydrogen-bond acceptors (Lipinski definition) is 1. The van der Waals surface area contributed by atoms with Crippen LogP contribution in [-0.2, 0) is 0 Å². The van der Waals surface area contributed by atoms with Crippen molar-refractivity contribution in [1.29, 1.82) is 0 Å². The molecule has 0 aromatic heterocycles. The molecule has 2 heteroatoms. The standard InChI is InChI=1S/C17H18NO/c1-12-9-13(2)17-16(14(12)3)10-18(11-19-17)15-7-5-4-6-8-15/h4-10H,11H2,1-3H3/q+1. The van der Waals surface area contributed by atoms with E-state index in [4.69, 9.17) is 4.74 Å². The average Bonchev–Trinajstić information content (AvgIpc) is 2.45. The minimum Gasteiger partial charge on any atom is -0.435 e. The molecule has 0 saturated heterocycles. The minimum absolute atomic E-state index is 0.570. The molecule has 0 bridgehead atoms. The summed E-state index contributed by atoms with van der Waals surface area (Å²) in [7, 11) is 0. The van der Waals surface area contributed by atoms with Crippen LogP contribution in [0, 0.1) is 20.8 Å². The summed E-state index contributed by atoms with van der Waals surface area (Å²) in [5.41, 5.74) is 6.17. The van der Waals surface area contributed by atoms with E-state index in [1.54, 1.807) is 0 Å². The van der Waals surface area contributed by atoms with Gasteiger partial charge in [-0.3, -0.25) is 0 Å². The summed E-state index contributed by atoms with van der Waals surface area (Å²) in [6.45, 7) is 6.98. The van der Waals surface area contributed by atoms with Crippen LogP contribution < -0.4 is 4.74 Å². The SMILES string of the molecule is Cc1cc(C)c2c(c1C)C=[N+](c1ccccc1)CO2. The Hall–Kier alpha value is -2.09. The first-order valence-corrected chi connectivity index (χ1v) is 6.57. The van der Waals surface area contributed by atoms with Crippen molar-refractivity contribution in [2.45, 2.75) is 20.8 Å². The summed E-state index contributed by atoms with van der Waals surface area (Å²) >= 11 is 0. The molecule has 0 amide bonds. The normalized spacial score (nSPS) is 13.5. The van der Waals surface area contributed by atoms with Gasteiger partial charge in [0, 0.05) is 12.1 Å². The number of fused-ring (bicyclic) bond motifs is 1. The molecule has 2 aromatic carbocycles. The second-order valence-corrected chi connectivity index (χ2v) is 5.09. The van der Waals surface area contributed by atoms with Crippen LogP contribution in [0.1, 0.15) is 22.3 Å². The van der Waals surface area contributed by atoms with Gasteiger partial charge in [-0.1, -0.05) is 24.3 Å². The zero-order valence-electron chi connectivity index (χ0n) is 11.6. The molecule has 0 atom stereocenters.